The first-order valence-electron chi connectivity index (χ1n) is 3.94. The molecule has 0 aromatic heterocycles. The Morgan fingerprint density at radius 1 is 0.929 bits per heavy atom. The molecule has 0 spiro atoms. The number of hydrogen-bond donors (Lipinski definition) is 0. The van der Waals surface area contributed by atoms with E-state index in [2.05, 4.69) is 0 Å². The van der Waals surface area contributed by atoms with Gasteiger partial charge in [-0.15, -0.1) is 0 Å². The first-order chi connectivity index (χ1) is 6.43. The molecule has 1 rings (SSSR count). The van der Waals surface area contributed by atoms with Crippen molar-refractivity contribution in [3.63, 3.8) is 0 Å². The van der Waals surface area contributed by atoms with Crippen molar-refractivity contribution in [3.8, 4) is 0 Å². The summed E-state index contributed by atoms with van der Waals surface area (Å²) in [5.74, 6) is -2.89. The lowest BCUT2D eigenvalue weighted by atomic mass is 10.1. The largest absolute Gasteiger partial charge is 0.294 e. The zero-order valence-corrected chi connectivity index (χ0v) is 7.73. The van der Waals surface area contributed by atoms with E-state index in [9.17, 15) is 18.4 Å². The third-order valence-corrected chi connectivity index (χ3v) is 1.82. The van der Waals surface area contributed by atoms with E-state index in [1.807, 2.05) is 0 Å². The van der Waals surface area contributed by atoms with Crippen LogP contribution in [0.3, 0.4) is 0 Å². The van der Waals surface area contributed by atoms with Gasteiger partial charge in [0.1, 0.15) is 11.6 Å². The molecule has 0 fully saturated rings. The van der Waals surface area contributed by atoms with Crippen molar-refractivity contribution in [3.05, 3.63) is 34.9 Å². The van der Waals surface area contributed by atoms with Crippen molar-refractivity contribution in [2.75, 3.05) is 0 Å². The molecule has 4 heteroatoms. The average molecular weight is 198 g/mol. The van der Waals surface area contributed by atoms with Crippen LogP contribution in [0.25, 0.3) is 0 Å². The van der Waals surface area contributed by atoms with Crippen LogP contribution in [0.5, 0.6) is 0 Å². The van der Waals surface area contributed by atoms with Crippen LogP contribution >= 0.6 is 0 Å². The van der Waals surface area contributed by atoms with Crippen molar-refractivity contribution in [2.24, 2.45) is 0 Å². The second kappa shape index (κ2) is 3.65. The van der Waals surface area contributed by atoms with Gasteiger partial charge >= 0.3 is 0 Å². The summed E-state index contributed by atoms with van der Waals surface area (Å²) < 4.78 is 26.2. The highest BCUT2D eigenvalue weighted by molar-refractivity contribution is 5.98. The molecule has 14 heavy (non-hydrogen) atoms. The van der Waals surface area contributed by atoms with Gasteiger partial charge in [-0.3, -0.25) is 9.59 Å². The second-order valence-corrected chi connectivity index (χ2v) is 2.92. The van der Waals surface area contributed by atoms with Crippen molar-refractivity contribution < 1.29 is 18.4 Å². The minimum atomic E-state index is -0.871. The van der Waals surface area contributed by atoms with Crippen LogP contribution in [0.4, 0.5) is 8.78 Å². The number of hydrogen-bond acceptors (Lipinski definition) is 2. The maximum atomic E-state index is 13.1. The number of benzene rings is 1. The van der Waals surface area contributed by atoms with Gasteiger partial charge in [-0.1, -0.05) is 0 Å². The molecule has 1 aromatic rings. The van der Waals surface area contributed by atoms with Crippen molar-refractivity contribution >= 4 is 11.6 Å². The number of carbonyl (C=O) groups excluding carboxylic acids is 2. The molecule has 0 unspecified atom stereocenters. The molecule has 0 aliphatic carbocycles. The predicted octanol–water partition coefficient (Wildman–Crippen LogP) is 2.37. The van der Waals surface area contributed by atoms with E-state index in [0.29, 0.717) is 0 Å². The molecule has 0 saturated heterocycles. The van der Waals surface area contributed by atoms with Gasteiger partial charge in [0, 0.05) is 0 Å². The summed E-state index contributed by atoms with van der Waals surface area (Å²) >= 11 is 0. The Bertz CT molecular complexity index is 371. The Morgan fingerprint density at radius 2 is 1.21 bits per heavy atom. The van der Waals surface area contributed by atoms with Crippen LogP contribution in [0.1, 0.15) is 34.6 Å². The van der Waals surface area contributed by atoms with Crippen molar-refractivity contribution in [1.29, 1.82) is 0 Å². The summed E-state index contributed by atoms with van der Waals surface area (Å²) in [6, 6.07) is 1.49. The predicted molar refractivity (Wildman–Crippen MR) is 46.4 cm³/mol. The van der Waals surface area contributed by atoms with Gasteiger partial charge < -0.3 is 0 Å². The van der Waals surface area contributed by atoms with Crippen molar-refractivity contribution in [2.45, 2.75) is 13.8 Å². The van der Waals surface area contributed by atoms with Crippen molar-refractivity contribution in [1.82, 2.24) is 0 Å². The zero-order chi connectivity index (χ0) is 10.9. The SMILES string of the molecule is CC(=O)c1cc(F)c(C(C)=O)cc1F. The van der Waals surface area contributed by atoms with Gasteiger partial charge in [-0.25, -0.2) is 8.78 Å². The summed E-state index contributed by atoms with van der Waals surface area (Å²) in [6.45, 7) is 2.26. The molecule has 0 radical (unpaired) electrons. The van der Waals surface area contributed by atoms with Crippen LogP contribution < -0.4 is 0 Å². The maximum absolute atomic E-state index is 13.1. The Kier molecular flexibility index (Phi) is 2.74. The normalized spacial score (nSPS) is 10.0. The molecule has 0 amide bonds. The smallest absolute Gasteiger partial charge is 0.162 e. The van der Waals surface area contributed by atoms with E-state index in [0.717, 1.165) is 26.0 Å². The van der Waals surface area contributed by atoms with Gasteiger partial charge in [-0.2, -0.15) is 0 Å². The molecule has 74 valence electrons. The quantitative estimate of drug-likeness (QED) is 0.683. The molecule has 0 saturated carbocycles. The first kappa shape index (κ1) is 10.5. The van der Waals surface area contributed by atoms with Crippen LogP contribution in [-0.4, -0.2) is 11.6 Å². The highest BCUT2D eigenvalue weighted by Crippen LogP contribution is 2.15. The lowest BCUT2D eigenvalue weighted by Crippen LogP contribution is -2.04. The Hall–Kier alpha value is -1.58. The third-order valence-electron chi connectivity index (χ3n) is 1.82. The lowest BCUT2D eigenvalue weighted by molar-refractivity contribution is 0.0994. The number of rotatable bonds is 2. The molecule has 0 heterocycles. The molecule has 0 atom stereocenters. The average Bonchev–Trinajstić information content (AvgIpc) is 2.07. The van der Waals surface area contributed by atoms with E-state index in [-0.39, 0.29) is 11.1 Å². The van der Waals surface area contributed by atoms with Crippen LogP contribution in [0.2, 0.25) is 0 Å². The van der Waals surface area contributed by atoms with Crippen LogP contribution in [0, 0.1) is 11.6 Å². The minimum Gasteiger partial charge on any atom is -0.294 e. The number of carbonyl (C=O) groups is 2. The van der Waals surface area contributed by atoms with Gasteiger partial charge in [-0.05, 0) is 26.0 Å². The molecule has 0 aliphatic rings. The van der Waals surface area contributed by atoms with E-state index in [4.69, 9.17) is 0 Å². The fourth-order valence-electron chi connectivity index (χ4n) is 1.09. The lowest BCUT2D eigenvalue weighted by Gasteiger charge is -2.02. The van der Waals surface area contributed by atoms with Gasteiger partial charge in [0.15, 0.2) is 11.6 Å². The molecule has 0 aliphatic heterocycles. The fraction of sp³-hybridized carbons (Fsp3) is 0.200. The summed E-state index contributed by atoms with van der Waals surface area (Å²) in [5, 5.41) is 0. The Morgan fingerprint density at radius 3 is 1.43 bits per heavy atom. The van der Waals surface area contributed by atoms with E-state index >= 15 is 0 Å². The van der Waals surface area contributed by atoms with Crippen LogP contribution in [-0.2, 0) is 0 Å². The minimum absolute atomic E-state index is 0.340. The molecular formula is C10H8F2O2. The molecule has 2 nitrogen and oxygen atoms in total. The van der Waals surface area contributed by atoms with Gasteiger partial charge in [0.2, 0.25) is 0 Å². The standard InChI is InChI=1S/C10H8F2O2/c1-5(13)7-3-10(12)8(6(2)14)4-9(7)11/h3-4H,1-2H3. The number of ketones is 2. The van der Waals surface area contributed by atoms with Crippen LogP contribution in [0.15, 0.2) is 12.1 Å². The summed E-state index contributed by atoms with van der Waals surface area (Å²) in [5.41, 5.74) is -0.681. The first-order valence-corrected chi connectivity index (χ1v) is 3.94. The highest BCUT2D eigenvalue weighted by Gasteiger charge is 2.15. The summed E-state index contributed by atoms with van der Waals surface area (Å²) in [6.07, 6.45) is 0. The Labute approximate surface area is 79.5 Å². The monoisotopic (exact) mass is 198 g/mol. The zero-order valence-electron chi connectivity index (χ0n) is 7.73. The number of Topliss-reactive ketones (excluding diaryl/α,β-unsaturated/α-hetero) is 2. The second-order valence-electron chi connectivity index (χ2n) is 2.92. The summed E-state index contributed by atoms with van der Waals surface area (Å²) in [4.78, 5) is 21.6. The topological polar surface area (TPSA) is 34.1 Å². The van der Waals surface area contributed by atoms with Gasteiger partial charge in [0.25, 0.3) is 0 Å². The van der Waals surface area contributed by atoms with Gasteiger partial charge in [0.05, 0.1) is 11.1 Å². The molecule has 0 N–H and O–H groups in total. The molecule has 1 aromatic carbocycles. The van der Waals surface area contributed by atoms with E-state index in [1.165, 1.54) is 0 Å². The highest BCUT2D eigenvalue weighted by atomic mass is 19.1. The van der Waals surface area contributed by atoms with E-state index in [1.54, 1.807) is 0 Å². The molecule has 0 bridgehead atoms. The Balaban J connectivity index is 3.38. The maximum Gasteiger partial charge on any atom is 0.162 e. The fourth-order valence-corrected chi connectivity index (χ4v) is 1.09. The number of halogens is 2. The summed E-state index contributed by atoms with van der Waals surface area (Å²) in [7, 11) is 0. The molecular weight excluding hydrogens is 190 g/mol. The third kappa shape index (κ3) is 1.84. The van der Waals surface area contributed by atoms with E-state index < -0.39 is 23.2 Å².